The lowest BCUT2D eigenvalue weighted by molar-refractivity contribution is -0.122. The van der Waals surface area contributed by atoms with Gasteiger partial charge in [0.25, 0.3) is 0 Å². The smallest absolute Gasteiger partial charge is 0.220 e. The normalized spacial score (nSPS) is 27.2. The zero-order valence-corrected chi connectivity index (χ0v) is 15.4. The van der Waals surface area contributed by atoms with Crippen molar-refractivity contribution in [1.29, 1.82) is 0 Å². The maximum absolute atomic E-state index is 12.0. The van der Waals surface area contributed by atoms with Crippen LogP contribution in [0.5, 0.6) is 0 Å². The Kier molecular flexibility index (Phi) is 5.68. The third kappa shape index (κ3) is 4.49. The van der Waals surface area contributed by atoms with E-state index in [0.717, 1.165) is 36.3 Å². The summed E-state index contributed by atoms with van der Waals surface area (Å²) in [7, 11) is 0. The van der Waals surface area contributed by atoms with E-state index in [9.17, 15) is 4.79 Å². The number of hydrogen-bond acceptors (Lipinski definition) is 3. The number of hydrogen-bond donors (Lipinski definition) is 1. The molecule has 0 unspecified atom stereocenters. The molecule has 3 atom stereocenters. The molecule has 1 heterocycles. The first kappa shape index (κ1) is 15.9. The highest BCUT2D eigenvalue weighted by Gasteiger charge is 2.39. The predicted molar refractivity (Wildman–Crippen MR) is 94.7 cm³/mol. The van der Waals surface area contributed by atoms with Crippen LogP contribution in [0.3, 0.4) is 0 Å². The number of fused-ring (bicyclic) bond motifs is 2. The van der Waals surface area contributed by atoms with Gasteiger partial charge in [0.2, 0.25) is 5.91 Å². The summed E-state index contributed by atoms with van der Waals surface area (Å²) in [5.41, 5.74) is 0. The van der Waals surface area contributed by atoms with Crippen LogP contribution in [0, 0.1) is 17.8 Å². The van der Waals surface area contributed by atoms with Gasteiger partial charge in [-0.15, -0.1) is 11.3 Å². The third-order valence-corrected chi connectivity index (χ3v) is 7.59. The van der Waals surface area contributed by atoms with Gasteiger partial charge in [0.05, 0.1) is 3.79 Å². The van der Waals surface area contributed by atoms with Crippen molar-refractivity contribution in [2.24, 2.45) is 17.8 Å². The highest BCUT2D eigenvalue weighted by atomic mass is 79.9. The molecule has 2 aliphatic carbocycles. The molecule has 0 saturated heterocycles. The number of nitrogens with one attached hydrogen (secondary N) is 1. The Balaban J connectivity index is 1.26. The summed E-state index contributed by atoms with van der Waals surface area (Å²) in [4.78, 5) is 13.4. The molecule has 5 heteroatoms. The van der Waals surface area contributed by atoms with E-state index < -0.39 is 0 Å². The molecule has 2 aliphatic rings. The van der Waals surface area contributed by atoms with Gasteiger partial charge in [-0.2, -0.15) is 11.8 Å². The molecule has 1 amide bonds. The van der Waals surface area contributed by atoms with Gasteiger partial charge in [-0.1, -0.05) is 6.42 Å². The summed E-state index contributed by atoms with van der Waals surface area (Å²) in [5.74, 6) is 4.78. The van der Waals surface area contributed by atoms with Crippen LogP contribution in [-0.2, 0) is 10.5 Å². The van der Waals surface area contributed by atoms with Crippen LogP contribution in [0.2, 0.25) is 0 Å². The molecule has 2 bridgehead atoms. The second-order valence-electron chi connectivity index (χ2n) is 6.25. The number of amides is 1. The molecule has 0 radical (unpaired) electrons. The lowest BCUT2D eigenvalue weighted by Crippen LogP contribution is -2.29. The van der Waals surface area contributed by atoms with E-state index in [2.05, 4.69) is 33.4 Å². The van der Waals surface area contributed by atoms with Gasteiger partial charge < -0.3 is 5.32 Å². The molecule has 0 spiro atoms. The molecule has 1 N–H and O–H groups in total. The van der Waals surface area contributed by atoms with Gasteiger partial charge in [-0.25, -0.2) is 0 Å². The maximum atomic E-state index is 12.0. The van der Waals surface area contributed by atoms with Crippen molar-refractivity contribution in [2.75, 3.05) is 12.3 Å². The SMILES string of the molecule is O=C(C[C@@H]1C[C@H]2CC[C@@H]1C2)NCCSCc1ccc(Br)s1. The van der Waals surface area contributed by atoms with Crippen molar-refractivity contribution < 1.29 is 4.79 Å². The molecular weight excluding hydrogens is 366 g/mol. The summed E-state index contributed by atoms with van der Waals surface area (Å²) in [5, 5.41) is 3.09. The van der Waals surface area contributed by atoms with E-state index in [1.165, 1.54) is 34.3 Å². The molecule has 21 heavy (non-hydrogen) atoms. The van der Waals surface area contributed by atoms with E-state index in [4.69, 9.17) is 0 Å². The van der Waals surface area contributed by atoms with Crippen LogP contribution in [-0.4, -0.2) is 18.2 Å². The molecular formula is C16H22BrNOS2. The Morgan fingerprint density at radius 3 is 2.95 bits per heavy atom. The van der Waals surface area contributed by atoms with Crippen molar-refractivity contribution in [3.63, 3.8) is 0 Å². The minimum atomic E-state index is 0.270. The molecule has 2 saturated carbocycles. The summed E-state index contributed by atoms with van der Waals surface area (Å²) in [6.45, 7) is 0.802. The van der Waals surface area contributed by atoms with Gasteiger partial charge >= 0.3 is 0 Å². The third-order valence-electron chi connectivity index (χ3n) is 4.77. The maximum Gasteiger partial charge on any atom is 0.220 e. The first-order chi connectivity index (χ1) is 10.2. The number of halogens is 1. The first-order valence-corrected chi connectivity index (χ1v) is 10.6. The average Bonchev–Trinajstić information content (AvgIpc) is 3.15. The van der Waals surface area contributed by atoms with Crippen LogP contribution in [0.25, 0.3) is 0 Å². The summed E-state index contributed by atoms with van der Waals surface area (Å²) in [6, 6.07) is 4.26. The Morgan fingerprint density at radius 1 is 1.38 bits per heavy atom. The van der Waals surface area contributed by atoms with Crippen molar-refractivity contribution in [1.82, 2.24) is 5.32 Å². The fourth-order valence-electron chi connectivity index (χ4n) is 3.80. The standard InChI is InChI=1S/C16H22BrNOS2/c17-15-4-3-14(21-15)10-20-6-5-18-16(19)9-13-8-11-1-2-12(13)7-11/h3-4,11-13H,1-2,5-10H2,(H,18,19)/t11-,12+,13-/m0/s1. The topological polar surface area (TPSA) is 29.1 Å². The van der Waals surface area contributed by atoms with Crippen molar-refractivity contribution in [2.45, 2.75) is 37.9 Å². The van der Waals surface area contributed by atoms with Crippen molar-refractivity contribution in [3.8, 4) is 0 Å². The van der Waals surface area contributed by atoms with Crippen molar-refractivity contribution >= 4 is 44.9 Å². The summed E-state index contributed by atoms with van der Waals surface area (Å²) >= 11 is 7.16. The van der Waals surface area contributed by atoms with E-state index in [1.807, 2.05) is 11.8 Å². The van der Waals surface area contributed by atoms with Crippen LogP contribution in [0.15, 0.2) is 15.9 Å². The van der Waals surface area contributed by atoms with Gasteiger partial charge in [0.1, 0.15) is 0 Å². The zero-order valence-electron chi connectivity index (χ0n) is 12.1. The van der Waals surface area contributed by atoms with Crippen LogP contribution in [0.1, 0.15) is 37.0 Å². The Morgan fingerprint density at radius 2 is 2.29 bits per heavy atom. The fraction of sp³-hybridized carbons (Fsp3) is 0.688. The molecule has 0 aliphatic heterocycles. The monoisotopic (exact) mass is 387 g/mol. The van der Waals surface area contributed by atoms with Crippen LogP contribution >= 0.6 is 39.0 Å². The Hall–Kier alpha value is -0.0000000000000000833. The second kappa shape index (κ2) is 7.51. The van der Waals surface area contributed by atoms with Crippen LogP contribution in [0.4, 0.5) is 0 Å². The zero-order chi connectivity index (χ0) is 14.7. The van der Waals surface area contributed by atoms with Gasteiger partial charge in [0.15, 0.2) is 0 Å². The summed E-state index contributed by atoms with van der Waals surface area (Å²) in [6.07, 6.45) is 6.25. The van der Waals surface area contributed by atoms with Gasteiger partial charge in [-0.05, 0) is 65.1 Å². The number of carbonyl (C=O) groups excluding carboxylic acids is 1. The molecule has 3 rings (SSSR count). The quantitative estimate of drug-likeness (QED) is 0.687. The Labute approximate surface area is 143 Å². The van der Waals surface area contributed by atoms with Crippen LogP contribution < -0.4 is 5.32 Å². The highest BCUT2D eigenvalue weighted by Crippen LogP contribution is 2.49. The fourth-order valence-corrected chi connectivity index (χ4v) is 6.25. The molecule has 1 aromatic heterocycles. The van der Waals surface area contributed by atoms with E-state index in [1.54, 1.807) is 11.3 Å². The van der Waals surface area contributed by atoms with Crippen molar-refractivity contribution in [3.05, 3.63) is 20.8 Å². The molecule has 1 aromatic rings. The molecule has 116 valence electrons. The number of carbonyl (C=O) groups is 1. The molecule has 2 nitrogen and oxygen atoms in total. The van der Waals surface area contributed by atoms with Gasteiger partial charge in [0, 0.05) is 29.3 Å². The second-order valence-corrected chi connectivity index (χ2v) is 9.90. The molecule has 2 fully saturated rings. The first-order valence-electron chi connectivity index (χ1n) is 7.79. The highest BCUT2D eigenvalue weighted by molar-refractivity contribution is 9.11. The lowest BCUT2D eigenvalue weighted by atomic mass is 9.86. The van der Waals surface area contributed by atoms with E-state index in [0.29, 0.717) is 5.92 Å². The van der Waals surface area contributed by atoms with Gasteiger partial charge in [-0.3, -0.25) is 4.79 Å². The predicted octanol–water partition coefficient (Wildman–Crippen LogP) is 4.69. The largest absolute Gasteiger partial charge is 0.355 e. The number of thioether (sulfide) groups is 1. The minimum Gasteiger partial charge on any atom is -0.355 e. The molecule has 0 aromatic carbocycles. The number of rotatable bonds is 7. The summed E-state index contributed by atoms with van der Waals surface area (Å²) < 4.78 is 1.19. The Bertz CT molecular complexity index is 490. The average molecular weight is 388 g/mol. The minimum absolute atomic E-state index is 0.270. The van der Waals surface area contributed by atoms with E-state index in [-0.39, 0.29) is 5.91 Å². The lowest BCUT2D eigenvalue weighted by Gasteiger charge is -2.20. The number of thiophene rings is 1. The van der Waals surface area contributed by atoms with E-state index >= 15 is 0 Å².